The number of H-pyrrole nitrogens is 1. The van der Waals surface area contributed by atoms with Gasteiger partial charge in [0.1, 0.15) is 18.1 Å². The van der Waals surface area contributed by atoms with Crippen molar-refractivity contribution in [2.45, 2.75) is 70.1 Å². The van der Waals surface area contributed by atoms with E-state index in [1.807, 2.05) is 30.3 Å². The summed E-state index contributed by atoms with van der Waals surface area (Å²) in [6.45, 7) is 3.49. The lowest BCUT2D eigenvalue weighted by molar-refractivity contribution is -0.143. The molecule has 0 saturated heterocycles. The molecular formula is C26H37N7O6. The zero-order valence-electron chi connectivity index (χ0n) is 22.1. The summed E-state index contributed by atoms with van der Waals surface area (Å²) < 4.78 is 0. The van der Waals surface area contributed by atoms with Crippen LogP contribution in [-0.4, -0.2) is 68.8 Å². The van der Waals surface area contributed by atoms with E-state index in [-0.39, 0.29) is 31.6 Å². The third kappa shape index (κ3) is 10.2. The molecular weight excluding hydrogens is 506 g/mol. The lowest BCUT2D eigenvalue weighted by Crippen LogP contribution is -2.58. The molecule has 5 atom stereocenters. The highest BCUT2D eigenvalue weighted by atomic mass is 16.4. The number of carboxylic acid groups (broad SMARTS) is 1. The summed E-state index contributed by atoms with van der Waals surface area (Å²) in [6.07, 6.45) is 3.20. The molecule has 9 N–H and O–H groups in total. The number of aliphatic carboxylic acids is 1. The van der Waals surface area contributed by atoms with Crippen molar-refractivity contribution in [3.05, 3.63) is 54.1 Å². The predicted octanol–water partition coefficient (Wildman–Crippen LogP) is -0.627. The van der Waals surface area contributed by atoms with E-state index in [0.29, 0.717) is 12.1 Å². The van der Waals surface area contributed by atoms with E-state index < -0.39 is 53.8 Å². The number of carbonyl (C=O) groups is 5. The fraction of sp³-hybridized carbons (Fsp3) is 0.462. The minimum absolute atomic E-state index is 0.0333. The van der Waals surface area contributed by atoms with E-state index >= 15 is 0 Å². The second-order valence-electron chi connectivity index (χ2n) is 9.41. The van der Waals surface area contributed by atoms with Gasteiger partial charge in [-0.1, -0.05) is 50.6 Å². The smallest absolute Gasteiger partial charge is 0.326 e. The lowest BCUT2D eigenvalue weighted by Gasteiger charge is -2.26. The van der Waals surface area contributed by atoms with Crippen molar-refractivity contribution in [3.8, 4) is 0 Å². The van der Waals surface area contributed by atoms with Crippen LogP contribution in [0.4, 0.5) is 0 Å². The number of nitrogens with zero attached hydrogens (tertiary/aromatic N) is 1. The molecule has 0 bridgehead atoms. The normalized spacial score (nSPS) is 14.7. The van der Waals surface area contributed by atoms with Gasteiger partial charge in [-0.05, 0) is 24.3 Å². The first-order chi connectivity index (χ1) is 18.5. The summed E-state index contributed by atoms with van der Waals surface area (Å²) in [6, 6.07) is 4.48. The van der Waals surface area contributed by atoms with E-state index in [1.165, 1.54) is 12.5 Å². The number of amides is 4. The first kappa shape index (κ1) is 31.0. The monoisotopic (exact) mass is 543 g/mol. The molecule has 1 aromatic carbocycles. The number of carboxylic acids is 1. The Morgan fingerprint density at radius 1 is 0.974 bits per heavy atom. The molecule has 0 aliphatic carbocycles. The second kappa shape index (κ2) is 15.2. The fourth-order valence-corrected chi connectivity index (χ4v) is 3.83. The van der Waals surface area contributed by atoms with Crippen molar-refractivity contribution in [1.29, 1.82) is 0 Å². The number of nitrogens with one attached hydrogen (secondary N) is 4. The predicted molar refractivity (Wildman–Crippen MR) is 142 cm³/mol. The van der Waals surface area contributed by atoms with Crippen molar-refractivity contribution in [3.63, 3.8) is 0 Å². The maximum Gasteiger partial charge on any atom is 0.326 e. The summed E-state index contributed by atoms with van der Waals surface area (Å²) >= 11 is 0. The molecule has 0 spiro atoms. The first-order valence-corrected chi connectivity index (χ1v) is 12.7. The van der Waals surface area contributed by atoms with E-state index in [2.05, 4.69) is 25.9 Å². The Kier molecular flexibility index (Phi) is 12.1. The molecule has 39 heavy (non-hydrogen) atoms. The number of hydrogen-bond acceptors (Lipinski definition) is 7. The average molecular weight is 544 g/mol. The molecule has 0 aliphatic heterocycles. The van der Waals surface area contributed by atoms with Gasteiger partial charge in [-0.3, -0.25) is 19.2 Å². The average Bonchev–Trinajstić information content (AvgIpc) is 3.41. The highest BCUT2D eigenvalue weighted by molar-refractivity contribution is 5.94. The highest BCUT2D eigenvalue weighted by Gasteiger charge is 2.32. The van der Waals surface area contributed by atoms with Crippen molar-refractivity contribution < 1.29 is 29.1 Å². The summed E-state index contributed by atoms with van der Waals surface area (Å²) in [5, 5.41) is 17.2. The molecule has 13 nitrogen and oxygen atoms in total. The minimum Gasteiger partial charge on any atom is -0.480 e. The van der Waals surface area contributed by atoms with Gasteiger partial charge in [0.25, 0.3) is 0 Å². The molecule has 5 unspecified atom stereocenters. The Morgan fingerprint density at radius 3 is 2.18 bits per heavy atom. The summed E-state index contributed by atoms with van der Waals surface area (Å²) in [7, 11) is 0. The molecule has 1 heterocycles. The Morgan fingerprint density at radius 2 is 1.62 bits per heavy atom. The van der Waals surface area contributed by atoms with Crippen LogP contribution in [0.25, 0.3) is 0 Å². The van der Waals surface area contributed by atoms with Gasteiger partial charge in [0.15, 0.2) is 0 Å². The van der Waals surface area contributed by atoms with E-state index in [9.17, 15) is 29.1 Å². The SMILES string of the molecule is CCC(C)C(NC(=O)C(Cc1cnc[nH]1)NC(=O)C(CCC(N)=O)NC(=O)C(N)Cc1ccccc1)C(=O)O. The number of aromatic amines is 1. The zero-order valence-corrected chi connectivity index (χ0v) is 22.1. The van der Waals surface area contributed by atoms with Gasteiger partial charge >= 0.3 is 5.97 Å². The van der Waals surface area contributed by atoms with Crippen molar-refractivity contribution in [2.75, 3.05) is 0 Å². The quantitative estimate of drug-likeness (QED) is 0.144. The molecule has 0 fully saturated rings. The topological polar surface area (TPSA) is 222 Å². The van der Waals surface area contributed by atoms with Crippen molar-refractivity contribution in [1.82, 2.24) is 25.9 Å². The summed E-state index contributed by atoms with van der Waals surface area (Å²) in [5.41, 5.74) is 12.6. The van der Waals surface area contributed by atoms with E-state index in [4.69, 9.17) is 11.5 Å². The van der Waals surface area contributed by atoms with Gasteiger partial charge < -0.3 is 37.5 Å². The Bertz CT molecular complexity index is 1110. The molecule has 0 aliphatic rings. The molecule has 0 saturated carbocycles. The van der Waals surface area contributed by atoms with Crippen LogP contribution in [0.5, 0.6) is 0 Å². The number of primary amides is 1. The van der Waals surface area contributed by atoms with Crippen LogP contribution in [0.15, 0.2) is 42.9 Å². The van der Waals surface area contributed by atoms with Gasteiger partial charge in [0, 0.05) is 24.7 Å². The molecule has 4 amide bonds. The van der Waals surface area contributed by atoms with E-state index in [0.717, 1.165) is 5.56 Å². The highest BCUT2D eigenvalue weighted by Crippen LogP contribution is 2.10. The fourth-order valence-electron chi connectivity index (χ4n) is 3.83. The number of hydrogen-bond donors (Lipinski definition) is 7. The minimum atomic E-state index is -1.23. The molecule has 13 heteroatoms. The Balaban J connectivity index is 2.20. The first-order valence-electron chi connectivity index (χ1n) is 12.7. The molecule has 0 radical (unpaired) electrons. The molecule has 212 valence electrons. The van der Waals surface area contributed by atoms with Crippen LogP contribution >= 0.6 is 0 Å². The molecule has 2 rings (SSSR count). The van der Waals surface area contributed by atoms with E-state index in [1.54, 1.807) is 13.8 Å². The van der Waals surface area contributed by atoms with Crippen molar-refractivity contribution >= 4 is 29.6 Å². The Hall–Kier alpha value is -4.26. The van der Waals surface area contributed by atoms with Gasteiger partial charge in [-0.15, -0.1) is 0 Å². The zero-order chi connectivity index (χ0) is 28.9. The van der Waals surface area contributed by atoms with Gasteiger partial charge in [0.05, 0.1) is 12.4 Å². The maximum atomic E-state index is 13.3. The third-order valence-electron chi connectivity index (χ3n) is 6.34. The number of carbonyl (C=O) groups excluding carboxylic acids is 4. The van der Waals surface area contributed by atoms with Crippen LogP contribution in [-0.2, 0) is 36.8 Å². The van der Waals surface area contributed by atoms with Gasteiger partial charge in [-0.2, -0.15) is 0 Å². The maximum absolute atomic E-state index is 13.3. The van der Waals surface area contributed by atoms with Gasteiger partial charge in [0.2, 0.25) is 23.6 Å². The van der Waals surface area contributed by atoms with Crippen LogP contribution in [0.1, 0.15) is 44.4 Å². The lowest BCUT2D eigenvalue weighted by atomic mass is 9.98. The largest absolute Gasteiger partial charge is 0.480 e. The van der Waals surface area contributed by atoms with Crippen LogP contribution < -0.4 is 27.4 Å². The summed E-state index contributed by atoms with van der Waals surface area (Å²) in [5.74, 6) is -4.37. The van der Waals surface area contributed by atoms with Crippen LogP contribution in [0, 0.1) is 5.92 Å². The van der Waals surface area contributed by atoms with Crippen molar-refractivity contribution in [2.24, 2.45) is 17.4 Å². The number of nitrogens with two attached hydrogens (primary N) is 2. The summed E-state index contributed by atoms with van der Waals surface area (Å²) in [4.78, 5) is 69.2. The second-order valence-corrected chi connectivity index (χ2v) is 9.41. The van der Waals surface area contributed by atoms with Crippen LogP contribution in [0.2, 0.25) is 0 Å². The molecule has 1 aromatic heterocycles. The van der Waals surface area contributed by atoms with Crippen LogP contribution in [0.3, 0.4) is 0 Å². The standard InChI is InChI=1S/C26H37N7O6/c1-3-15(2)22(26(38)39)33-25(37)20(12-17-13-29-14-30-17)32-24(36)19(9-10-21(28)34)31-23(35)18(27)11-16-7-5-4-6-8-16/h4-8,13-15,18-20,22H,3,9-12,27H2,1-2H3,(H2,28,34)(H,29,30)(H,31,35)(H,32,36)(H,33,37)(H,38,39). The number of aromatic nitrogens is 2. The number of imidazole rings is 1. The number of benzene rings is 1. The number of rotatable bonds is 16. The third-order valence-corrected chi connectivity index (χ3v) is 6.34. The van der Waals surface area contributed by atoms with Gasteiger partial charge in [-0.25, -0.2) is 9.78 Å². The molecule has 2 aromatic rings. The Labute approximate surface area is 226 Å².